The van der Waals surface area contributed by atoms with E-state index in [4.69, 9.17) is 9.15 Å². The number of aromatic nitrogens is 2. The topological polar surface area (TPSA) is 60.2 Å². The predicted octanol–water partition coefficient (Wildman–Crippen LogP) is 2.84. The molecule has 19 heavy (non-hydrogen) atoms. The van der Waals surface area contributed by atoms with Gasteiger partial charge >= 0.3 is 6.08 Å². The van der Waals surface area contributed by atoms with E-state index in [1.54, 1.807) is 6.26 Å². The summed E-state index contributed by atoms with van der Waals surface area (Å²) >= 11 is 0. The smallest absolute Gasteiger partial charge is 0.399 e. The first-order valence-corrected chi connectivity index (χ1v) is 6.52. The van der Waals surface area contributed by atoms with E-state index in [1.165, 1.54) is 0 Å². The highest BCUT2D eigenvalue weighted by Gasteiger charge is 2.10. The molecule has 5 heteroatoms. The molecule has 0 unspecified atom stereocenters. The summed E-state index contributed by atoms with van der Waals surface area (Å²) in [6.45, 7) is 7.62. The normalized spacial score (nSPS) is 10.7. The van der Waals surface area contributed by atoms with Gasteiger partial charge in [-0.2, -0.15) is 4.98 Å². The number of rotatable bonds is 6. The lowest BCUT2D eigenvalue weighted by Gasteiger charge is -2.06. The molecule has 0 aromatic carbocycles. The third-order valence-electron chi connectivity index (χ3n) is 2.69. The second kappa shape index (κ2) is 6.33. The number of hydrogen-bond acceptors (Lipinski definition) is 5. The van der Waals surface area contributed by atoms with Crippen LogP contribution in [0.3, 0.4) is 0 Å². The maximum absolute atomic E-state index is 5.65. The minimum Gasteiger partial charge on any atom is -0.417 e. The maximum Gasteiger partial charge on any atom is 0.399 e. The third kappa shape index (κ3) is 3.54. The Kier molecular flexibility index (Phi) is 4.52. The summed E-state index contributed by atoms with van der Waals surface area (Å²) in [5.41, 5.74) is 2.71. The number of nitrogens with one attached hydrogen (secondary N) is 1. The Balaban J connectivity index is 2.10. The first-order chi connectivity index (χ1) is 9.22. The molecule has 0 aliphatic carbocycles. The lowest BCUT2D eigenvalue weighted by molar-refractivity contribution is 0.327. The molecule has 0 saturated heterocycles. The minimum absolute atomic E-state index is 0.258. The molecule has 0 bridgehead atoms. The molecule has 2 aromatic rings. The summed E-state index contributed by atoms with van der Waals surface area (Å²) in [6, 6.07) is 3.81. The van der Waals surface area contributed by atoms with E-state index in [0.717, 1.165) is 30.0 Å². The number of oxazole rings is 1. The van der Waals surface area contributed by atoms with Crippen LogP contribution in [0.15, 0.2) is 22.8 Å². The number of nitrogens with zero attached hydrogens (tertiary/aromatic N) is 2. The van der Waals surface area contributed by atoms with Gasteiger partial charge in [-0.25, -0.2) is 0 Å². The van der Waals surface area contributed by atoms with Crippen molar-refractivity contribution in [1.29, 1.82) is 0 Å². The average molecular weight is 261 g/mol. The van der Waals surface area contributed by atoms with E-state index in [-0.39, 0.29) is 6.08 Å². The van der Waals surface area contributed by atoms with Gasteiger partial charge in [0.05, 0.1) is 11.4 Å². The molecule has 2 rings (SSSR count). The molecule has 2 aromatic heterocycles. The van der Waals surface area contributed by atoms with Gasteiger partial charge in [-0.1, -0.05) is 13.8 Å². The van der Waals surface area contributed by atoms with E-state index in [1.807, 2.05) is 32.9 Å². The van der Waals surface area contributed by atoms with Crippen LogP contribution in [-0.4, -0.2) is 16.5 Å². The lowest BCUT2D eigenvalue weighted by atomic mass is 10.2. The van der Waals surface area contributed by atoms with E-state index >= 15 is 0 Å². The Morgan fingerprint density at radius 3 is 2.84 bits per heavy atom. The van der Waals surface area contributed by atoms with E-state index in [9.17, 15) is 0 Å². The quantitative estimate of drug-likeness (QED) is 0.866. The van der Waals surface area contributed by atoms with E-state index in [2.05, 4.69) is 15.3 Å². The van der Waals surface area contributed by atoms with Crippen LogP contribution in [-0.2, 0) is 13.0 Å². The molecule has 0 amide bonds. The Morgan fingerprint density at radius 2 is 2.11 bits per heavy atom. The van der Waals surface area contributed by atoms with Gasteiger partial charge < -0.3 is 14.5 Å². The van der Waals surface area contributed by atoms with Crippen molar-refractivity contribution in [3.8, 4) is 11.8 Å². The van der Waals surface area contributed by atoms with Crippen molar-refractivity contribution in [1.82, 2.24) is 15.3 Å². The molecule has 0 atom stereocenters. The maximum atomic E-state index is 5.65. The Morgan fingerprint density at radius 1 is 1.26 bits per heavy atom. The molecule has 0 saturated carbocycles. The Hall–Kier alpha value is -1.88. The van der Waals surface area contributed by atoms with E-state index < -0.39 is 0 Å². The van der Waals surface area contributed by atoms with Crippen molar-refractivity contribution in [3.05, 3.63) is 35.5 Å². The van der Waals surface area contributed by atoms with Gasteiger partial charge in [-0.05, 0) is 32.0 Å². The van der Waals surface area contributed by atoms with Crippen LogP contribution in [0.4, 0.5) is 0 Å². The molecular weight excluding hydrogens is 242 g/mol. The van der Waals surface area contributed by atoms with Crippen LogP contribution in [0.2, 0.25) is 0 Å². The highest BCUT2D eigenvalue weighted by Crippen LogP contribution is 2.24. The Labute approximate surface area is 113 Å². The number of aryl methyl sites for hydroxylation is 2. The molecule has 0 aliphatic rings. The fourth-order valence-electron chi connectivity index (χ4n) is 1.71. The van der Waals surface area contributed by atoms with Gasteiger partial charge in [0.15, 0.2) is 5.75 Å². The van der Waals surface area contributed by atoms with E-state index in [0.29, 0.717) is 12.3 Å². The first-order valence-electron chi connectivity index (χ1n) is 6.52. The van der Waals surface area contributed by atoms with Gasteiger partial charge in [0.1, 0.15) is 6.26 Å². The second-order valence-electron chi connectivity index (χ2n) is 4.24. The molecule has 0 aliphatic heterocycles. The van der Waals surface area contributed by atoms with Crippen molar-refractivity contribution >= 4 is 0 Å². The van der Waals surface area contributed by atoms with Crippen LogP contribution >= 0.6 is 0 Å². The highest BCUT2D eigenvalue weighted by molar-refractivity contribution is 5.31. The second-order valence-corrected chi connectivity index (χ2v) is 4.24. The summed E-state index contributed by atoms with van der Waals surface area (Å²) in [6.07, 6.45) is 2.67. The fraction of sp³-hybridized carbons (Fsp3) is 0.429. The van der Waals surface area contributed by atoms with Gasteiger partial charge in [-0.3, -0.25) is 4.98 Å². The molecule has 2 heterocycles. The summed E-state index contributed by atoms with van der Waals surface area (Å²) in [4.78, 5) is 8.70. The highest BCUT2D eigenvalue weighted by atomic mass is 16.6. The third-order valence-corrected chi connectivity index (χ3v) is 2.69. The van der Waals surface area contributed by atoms with Crippen molar-refractivity contribution in [2.75, 3.05) is 6.54 Å². The SMILES string of the molecule is CCNCc1coc(Oc2ccc(C)nc2CC)n1. The van der Waals surface area contributed by atoms with Gasteiger partial charge in [0, 0.05) is 12.2 Å². The standard InChI is InChI=1S/C14H19N3O2/c1-4-12-13(7-6-10(3)16-12)19-14-17-11(9-18-14)8-15-5-2/h6-7,9,15H,4-5,8H2,1-3H3. The number of pyridine rings is 1. The zero-order chi connectivity index (χ0) is 13.7. The molecule has 1 N–H and O–H groups in total. The predicted molar refractivity (Wildman–Crippen MR) is 72.3 cm³/mol. The van der Waals surface area contributed by atoms with Gasteiger partial charge in [-0.15, -0.1) is 0 Å². The largest absolute Gasteiger partial charge is 0.417 e. The van der Waals surface area contributed by atoms with Crippen LogP contribution in [0.1, 0.15) is 30.9 Å². The average Bonchev–Trinajstić information content (AvgIpc) is 2.86. The summed E-state index contributed by atoms with van der Waals surface area (Å²) in [5, 5.41) is 3.18. The Bertz CT molecular complexity index is 537. The molecule has 0 spiro atoms. The fourth-order valence-corrected chi connectivity index (χ4v) is 1.71. The molecule has 0 fully saturated rings. The van der Waals surface area contributed by atoms with Gasteiger partial charge in [0.2, 0.25) is 0 Å². The van der Waals surface area contributed by atoms with Crippen molar-refractivity contribution < 1.29 is 9.15 Å². The summed E-state index contributed by atoms with van der Waals surface area (Å²) < 4.78 is 10.9. The van der Waals surface area contributed by atoms with Crippen molar-refractivity contribution in [2.45, 2.75) is 33.7 Å². The zero-order valence-electron chi connectivity index (χ0n) is 11.6. The van der Waals surface area contributed by atoms with Gasteiger partial charge in [0.25, 0.3) is 0 Å². The molecular formula is C14H19N3O2. The van der Waals surface area contributed by atoms with Crippen LogP contribution < -0.4 is 10.1 Å². The van der Waals surface area contributed by atoms with Crippen LogP contribution in [0, 0.1) is 6.92 Å². The minimum atomic E-state index is 0.258. The summed E-state index contributed by atoms with van der Waals surface area (Å²) in [5.74, 6) is 0.699. The molecule has 102 valence electrons. The van der Waals surface area contributed by atoms with Crippen LogP contribution in [0.25, 0.3) is 0 Å². The summed E-state index contributed by atoms with van der Waals surface area (Å²) in [7, 11) is 0. The lowest BCUT2D eigenvalue weighted by Crippen LogP contribution is -2.11. The molecule has 5 nitrogen and oxygen atoms in total. The number of hydrogen-bond donors (Lipinski definition) is 1. The van der Waals surface area contributed by atoms with Crippen molar-refractivity contribution in [3.63, 3.8) is 0 Å². The monoisotopic (exact) mass is 261 g/mol. The number of ether oxygens (including phenoxy) is 1. The first kappa shape index (κ1) is 13.5. The zero-order valence-corrected chi connectivity index (χ0v) is 11.6. The molecule has 0 radical (unpaired) electrons. The van der Waals surface area contributed by atoms with Crippen LogP contribution in [0.5, 0.6) is 11.8 Å². The van der Waals surface area contributed by atoms with Crippen molar-refractivity contribution in [2.24, 2.45) is 0 Å².